The summed E-state index contributed by atoms with van der Waals surface area (Å²) in [7, 11) is 0. The number of hydrogen-bond acceptors (Lipinski definition) is 2. The summed E-state index contributed by atoms with van der Waals surface area (Å²) in [6, 6.07) is 84.5. The molecular formula is C63H38N2. The summed E-state index contributed by atoms with van der Waals surface area (Å²) in [6.45, 7) is 0. The van der Waals surface area contributed by atoms with E-state index < -0.39 is 5.41 Å². The number of hydrogen-bond donors (Lipinski definition) is 0. The van der Waals surface area contributed by atoms with Crippen molar-refractivity contribution in [3.05, 3.63) is 253 Å². The largest absolute Gasteiger partial charge is 0.228 e. The predicted molar refractivity (Wildman–Crippen MR) is 270 cm³/mol. The van der Waals surface area contributed by atoms with Crippen LogP contribution in [0.3, 0.4) is 0 Å². The van der Waals surface area contributed by atoms with Gasteiger partial charge >= 0.3 is 0 Å². The molecule has 0 bridgehead atoms. The summed E-state index contributed by atoms with van der Waals surface area (Å²) in [6.07, 6.45) is 0. The van der Waals surface area contributed by atoms with Gasteiger partial charge in [0.1, 0.15) is 0 Å². The predicted octanol–water partition coefficient (Wildman–Crippen LogP) is 16.1. The van der Waals surface area contributed by atoms with Crippen molar-refractivity contribution in [2.75, 3.05) is 0 Å². The molecule has 0 fully saturated rings. The van der Waals surface area contributed by atoms with Gasteiger partial charge in [0.25, 0.3) is 0 Å². The van der Waals surface area contributed by atoms with Gasteiger partial charge in [-0.15, -0.1) is 0 Å². The zero-order valence-corrected chi connectivity index (χ0v) is 35.3. The maximum atomic E-state index is 5.53. The Morgan fingerprint density at radius 2 is 0.785 bits per heavy atom. The third-order valence-corrected chi connectivity index (χ3v) is 14.3. The fourth-order valence-electron chi connectivity index (χ4n) is 11.7. The van der Waals surface area contributed by atoms with Crippen LogP contribution in [0, 0.1) is 0 Å². The molecular weight excluding hydrogens is 785 g/mol. The van der Waals surface area contributed by atoms with E-state index in [0.717, 1.165) is 33.5 Å². The van der Waals surface area contributed by atoms with Crippen LogP contribution < -0.4 is 0 Å². The maximum absolute atomic E-state index is 5.53. The van der Waals surface area contributed by atoms with Crippen LogP contribution in [0.5, 0.6) is 0 Å². The molecule has 0 atom stereocenters. The highest BCUT2D eigenvalue weighted by atomic mass is 14.9. The molecule has 65 heavy (non-hydrogen) atoms. The van der Waals surface area contributed by atoms with E-state index in [4.69, 9.17) is 9.97 Å². The van der Waals surface area contributed by atoms with Gasteiger partial charge in [-0.3, -0.25) is 0 Å². The van der Waals surface area contributed by atoms with Crippen LogP contribution in [0.25, 0.3) is 110 Å². The monoisotopic (exact) mass is 822 g/mol. The maximum Gasteiger partial charge on any atom is 0.160 e. The van der Waals surface area contributed by atoms with Crippen molar-refractivity contribution in [1.82, 2.24) is 9.97 Å². The Kier molecular flexibility index (Phi) is 7.64. The Morgan fingerprint density at radius 3 is 1.49 bits per heavy atom. The fourth-order valence-corrected chi connectivity index (χ4v) is 11.7. The molecule has 0 N–H and O–H groups in total. The van der Waals surface area contributed by atoms with E-state index in [1.807, 2.05) is 0 Å². The van der Waals surface area contributed by atoms with Crippen LogP contribution in [0.4, 0.5) is 0 Å². The molecule has 0 unspecified atom stereocenters. The first kappa shape index (κ1) is 36.1. The molecule has 0 saturated heterocycles. The lowest BCUT2D eigenvalue weighted by Gasteiger charge is -2.32. The van der Waals surface area contributed by atoms with Crippen LogP contribution >= 0.6 is 0 Å². The summed E-state index contributed by atoms with van der Waals surface area (Å²) >= 11 is 0. The van der Waals surface area contributed by atoms with Crippen molar-refractivity contribution in [3.63, 3.8) is 0 Å². The minimum absolute atomic E-state index is 0.519. The zero-order chi connectivity index (χ0) is 42.6. The van der Waals surface area contributed by atoms with Crippen molar-refractivity contribution < 1.29 is 0 Å². The molecule has 0 radical (unpaired) electrons. The summed E-state index contributed by atoms with van der Waals surface area (Å²) in [4.78, 5) is 11.0. The molecule has 14 rings (SSSR count). The molecule has 300 valence electrons. The Balaban J connectivity index is 1.04. The van der Waals surface area contributed by atoms with E-state index in [1.54, 1.807) is 0 Å². The lowest BCUT2D eigenvalue weighted by atomic mass is 9.69. The minimum atomic E-state index is -0.519. The average molecular weight is 823 g/mol. The number of nitrogens with zero attached hydrogens (tertiary/aromatic N) is 2. The van der Waals surface area contributed by atoms with Gasteiger partial charge in [-0.05, 0) is 111 Å². The fraction of sp³-hybridized carbons (Fsp3) is 0.0159. The SMILES string of the molecule is c1ccc(-c2nc(-c3cccc4c3C3(c5ccccc5-c5ccccc53)c3ccccc3-4)cc(-c3ccc(-c4c5ccccc5cc5c4ccc4ccccc45)c4ccccc34)n2)cc1. The van der Waals surface area contributed by atoms with Crippen molar-refractivity contribution in [2.45, 2.75) is 5.41 Å². The summed E-state index contributed by atoms with van der Waals surface area (Å²) in [5.41, 5.74) is 17.2. The third-order valence-electron chi connectivity index (χ3n) is 14.3. The average Bonchev–Trinajstić information content (AvgIpc) is 3.85. The Labute approximate surface area is 376 Å². The number of fused-ring (bicyclic) bond motifs is 15. The van der Waals surface area contributed by atoms with E-state index in [9.17, 15) is 0 Å². The van der Waals surface area contributed by atoms with Gasteiger partial charge in [0.15, 0.2) is 5.82 Å². The highest BCUT2D eigenvalue weighted by molar-refractivity contribution is 6.23. The lowest BCUT2D eigenvalue weighted by molar-refractivity contribution is 0.795. The van der Waals surface area contributed by atoms with Crippen LogP contribution in [0.2, 0.25) is 0 Å². The molecule has 2 nitrogen and oxygen atoms in total. The molecule has 12 aromatic rings. The Hall–Kier alpha value is -8.46. The van der Waals surface area contributed by atoms with Gasteiger partial charge < -0.3 is 0 Å². The van der Waals surface area contributed by atoms with E-state index in [1.165, 1.54) is 93.3 Å². The van der Waals surface area contributed by atoms with Crippen molar-refractivity contribution >= 4 is 43.1 Å². The van der Waals surface area contributed by atoms with E-state index in [0.29, 0.717) is 5.82 Å². The molecule has 11 aromatic carbocycles. The summed E-state index contributed by atoms with van der Waals surface area (Å²) < 4.78 is 0. The van der Waals surface area contributed by atoms with Gasteiger partial charge in [0.05, 0.1) is 16.8 Å². The topological polar surface area (TPSA) is 25.8 Å². The van der Waals surface area contributed by atoms with Gasteiger partial charge in [0.2, 0.25) is 0 Å². The Morgan fingerprint density at radius 1 is 0.277 bits per heavy atom. The van der Waals surface area contributed by atoms with Gasteiger partial charge in [0, 0.05) is 16.7 Å². The molecule has 0 aliphatic heterocycles. The smallest absolute Gasteiger partial charge is 0.160 e. The standard InChI is InChI=1S/C63H38N2/c1-2-18-40(19-3-1)62-64-58(49-35-36-50(45-24-9-8-23-44(45)49)60-43-22-7-5-20-41(43)37-54-42-21-6-4-17-39(42)33-34-51(54)60)38-59(65-62)53-29-16-28-52-48-27-12-15-32-57(48)63(61(52)53)55-30-13-10-25-46(55)47-26-11-14-31-56(47)63/h1-38H. The molecule has 0 amide bonds. The zero-order valence-electron chi connectivity index (χ0n) is 35.3. The summed E-state index contributed by atoms with van der Waals surface area (Å²) in [5, 5.41) is 9.83. The normalized spacial score (nSPS) is 13.0. The van der Waals surface area contributed by atoms with Gasteiger partial charge in [-0.25, -0.2) is 9.97 Å². The molecule has 1 heterocycles. The minimum Gasteiger partial charge on any atom is -0.228 e. The van der Waals surface area contributed by atoms with Crippen LogP contribution in [0.15, 0.2) is 231 Å². The molecule has 2 heteroatoms. The first-order valence-corrected chi connectivity index (χ1v) is 22.5. The molecule has 1 spiro atoms. The molecule has 2 aliphatic carbocycles. The molecule has 0 saturated carbocycles. The lowest BCUT2D eigenvalue weighted by Crippen LogP contribution is -2.26. The van der Waals surface area contributed by atoms with Crippen LogP contribution in [-0.2, 0) is 5.41 Å². The molecule has 1 aromatic heterocycles. The number of benzene rings is 11. The van der Waals surface area contributed by atoms with E-state index in [2.05, 4.69) is 231 Å². The Bertz CT molecular complexity index is 3890. The van der Waals surface area contributed by atoms with E-state index >= 15 is 0 Å². The number of aromatic nitrogens is 2. The second-order valence-corrected chi connectivity index (χ2v) is 17.5. The van der Waals surface area contributed by atoms with E-state index in [-0.39, 0.29) is 0 Å². The third kappa shape index (κ3) is 5.05. The highest BCUT2D eigenvalue weighted by Gasteiger charge is 2.52. The van der Waals surface area contributed by atoms with Crippen molar-refractivity contribution in [2.24, 2.45) is 0 Å². The highest BCUT2D eigenvalue weighted by Crippen LogP contribution is 2.64. The first-order valence-electron chi connectivity index (χ1n) is 22.5. The van der Waals surface area contributed by atoms with Crippen molar-refractivity contribution in [1.29, 1.82) is 0 Å². The first-order chi connectivity index (χ1) is 32.3. The number of rotatable bonds is 4. The van der Waals surface area contributed by atoms with Crippen molar-refractivity contribution in [3.8, 4) is 67.3 Å². The van der Waals surface area contributed by atoms with Crippen LogP contribution in [0.1, 0.15) is 22.3 Å². The second kappa shape index (κ2) is 13.8. The quantitative estimate of drug-likeness (QED) is 0.131. The van der Waals surface area contributed by atoms with Gasteiger partial charge in [-0.2, -0.15) is 0 Å². The molecule has 2 aliphatic rings. The summed E-state index contributed by atoms with van der Waals surface area (Å²) in [5.74, 6) is 0.701. The second-order valence-electron chi connectivity index (χ2n) is 17.5. The van der Waals surface area contributed by atoms with Gasteiger partial charge in [-0.1, -0.05) is 218 Å². The van der Waals surface area contributed by atoms with Crippen LogP contribution in [-0.4, -0.2) is 9.97 Å².